The van der Waals surface area contributed by atoms with Gasteiger partial charge in [0.25, 0.3) is 0 Å². The fourth-order valence-electron chi connectivity index (χ4n) is 2.04. The molecule has 0 amide bonds. The molecule has 0 bridgehead atoms. The number of hydrogen-bond donors (Lipinski definition) is 2. The van der Waals surface area contributed by atoms with Gasteiger partial charge in [-0.1, -0.05) is 23.4 Å². The van der Waals surface area contributed by atoms with E-state index in [1.807, 2.05) is 28.8 Å². The van der Waals surface area contributed by atoms with Crippen molar-refractivity contribution in [3.05, 3.63) is 54.7 Å². The van der Waals surface area contributed by atoms with Crippen LogP contribution in [0.3, 0.4) is 0 Å². The maximum Gasteiger partial charge on any atom is 0.173 e. The lowest BCUT2D eigenvalue weighted by Gasteiger charge is -2.12. The van der Waals surface area contributed by atoms with E-state index in [1.165, 1.54) is 0 Å². The largest absolute Gasteiger partial charge is 0.409 e. The molecule has 0 atom stereocenters. The average molecular weight is 253 g/mol. The van der Waals surface area contributed by atoms with Crippen LogP contribution in [0.25, 0.3) is 16.6 Å². The number of nitrogens with two attached hydrogens (primary N) is 1. The van der Waals surface area contributed by atoms with E-state index < -0.39 is 0 Å². The van der Waals surface area contributed by atoms with Gasteiger partial charge in [-0.05, 0) is 6.07 Å². The van der Waals surface area contributed by atoms with Crippen LogP contribution in [0.2, 0.25) is 0 Å². The number of rotatable bonds is 2. The molecule has 0 radical (unpaired) electrons. The van der Waals surface area contributed by atoms with E-state index in [0.717, 1.165) is 16.6 Å². The Morgan fingerprint density at radius 2 is 2.16 bits per heavy atom. The van der Waals surface area contributed by atoms with E-state index in [-0.39, 0.29) is 5.84 Å². The highest BCUT2D eigenvalue weighted by molar-refractivity contribution is 6.05. The maximum absolute atomic E-state index is 8.89. The van der Waals surface area contributed by atoms with Crippen molar-refractivity contribution in [3.63, 3.8) is 0 Å². The molecule has 0 unspecified atom stereocenters. The first-order chi connectivity index (χ1) is 9.31. The van der Waals surface area contributed by atoms with Crippen molar-refractivity contribution in [1.82, 2.24) is 14.5 Å². The highest BCUT2D eigenvalue weighted by Gasteiger charge is 2.13. The maximum atomic E-state index is 8.89. The van der Waals surface area contributed by atoms with E-state index in [2.05, 4.69) is 15.1 Å². The van der Waals surface area contributed by atoms with Crippen LogP contribution in [-0.2, 0) is 0 Å². The van der Waals surface area contributed by atoms with Crippen LogP contribution < -0.4 is 5.73 Å². The van der Waals surface area contributed by atoms with Crippen LogP contribution in [0.4, 0.5) is 0 Å². The molecule has 0 saturated carbocycles. The molecule has 0 spiro atoms. The van der Waals surface area contributed by atoms with Gasteiger partial charge >= 0.3 is 0 Å². The average Bonchev–Trinajstić information content (AvgIpc) is 2.99. The number of benzene rings is 1. The molecule has 1 aromatic carbocycles. The summed E-state index contributed by atoms with van der Waals surface area (Å²) >= 11 is 0. The summed E-state index contributed by atoms with van der Waals surface area (Å²) in [6.07, 6.45) is 6.73. The molecular weight excluding hydrogens is 242 g/mol. The molecule has 3 N–H and O–H groups in total. The van der Waals surface area contributed by atoms with Gasteiger partial charge in [-0.15, -0.1) is 0 Å². The number of aromatic nitrogens is 3. The SMILES string of the molecule is N/C(=N\O)c1cnc2ccccc2c1-n1ccnc1. The molecule has 3 aromatic rings. The van der Waals surface area contributed by atoms with Gasteiger partial charge in [0.15, 0.2) is 5.84 Å². The van der Waals surface area contributed by atoms with Crippen molar-refractivity contribution in [2.45, 2.75) is 0 Å². The Hall–Kier alpha value is -2.89. The van der Waals surface area contributed by atoms with Gasteiger partial charge in [0, 0.05) is 24.0 Å². The smallest absolute Gasteiger partial charge is 0.173 e. The molecule has 0 aliphatic carbocycles. The molecule has 0 aliphatic rings. The third-order valence-corrected chi connectivity index (χ3v) is 2.89. The summed E-state index contributed by atoms with van der Waals surface area (Å²) < 4.78 is 1.82. The van der Waals surface area contributed by atoms with E-state index in [1.54, 1.807) is 24.9 Å². The molecular formula is C13H11N5O. The number of amidine groups is 1. The molecule has 2 heterocycles. The Morgan fingerprint density at radius 1 is 1.32 bits per heavy atom. The number of oxime groups is 1. The Kier molecular flexibility index (Phi) is 2.60. The number of imidazole rings is 1. The molecule has 0 saturated heterocycles. The van der Waals surface area contributed by atoms with E-state index >= 15 is 0 Å². The van der Waals surface area contributed by atoms with Gasteiger partial charge in [0.05, 0.1) is 23.1 Å². The molecule has 3 rings (SSSR count). The molecule has 6 nitrogen and oxygen atoms in total. The third kappa shape index (κ3) is 1.79. The molecule has 2 aromatic heterocycles. The Balaban J connectivity index is 2.42. The second-order valence-electron chi connectivity index (χ2n) is 3.99. The van der Waals surface area contributed by atoms with Crippen molar-refractivity contribution in [2.75, 3.05) is 0 Å². The van der Waals surface area contributed by atoms with Crippen molar-refractivity contribution in [3.8, 4) is 5.69 Å². The predicted molar refractivity (Wildman–Crippen MR) is 71.4 cm³/mol. The Bertz CT molecular complexity index is 749. The lowest BCUT2D eigenvalue weighted by molar-refractivity contribution is 0.318. The lowest BCUT2D eigenvalue weighted by Crippen LogP contribution is -2.16. The van der Waals surface area contributed by atoms with Gasteiger partial charge in [-0.3, -0.25) is 4.98 Å². The van der Waals surface area contributed by atoms with Gasteiger partial charge in [-0.2, -0.15) is 0 Å². The third-order valence-electron chi connectivity index (χ3n) is 2.89. The summed E-state index contributed by atoms with van der Waals surface area (Å²) in [6, 6.07) is 7.67. The summed E-state index contributed by atoms with van der Waals surface area (Å²) in [4.78, 5) is 8.35. The number of nitrogens with zero attached hydrogens (tertiary/aromatic N) is 4. The fourth-order valence-corrected chi connectivity index (χ4v) is 2.04. The van der Waals surface area contributed by atoms with E-state index in [9.17, 15) is 0 Å². The van der Waals surface area contributed by atoms with Crippen LogP contribution >= 0.6 is 0 Å². The van der Waals surface area contributed by atoms with E-state index in [4.69, 9.17) is 10.9 Å². The molecule has 94 valence electrons. The van der Waals surface area contributed by atoms with Crippen LogP contribution in [0, 0.1) is 0 Å². The minimum Gasteiger partial charge on any atom is -0.409 e. The second-order valence-corrected chi connectivity index (χ2v) is 3.99. The zero-order valence-corrected chi connectivity index (χ0v) is 9.93. The van der Waals surface area contributed by atoms with Gasteiger partial charge in [-0.25, -0.2) is 4.98 Å². The minimum atomic E-state index is 0.0157. The summed E-state index contributed by atoms with van der Waals surface area (Å²) in [5, 5.41) is 12.9. The monoisotopic (exact) mass is 253 g/mol. The van der Waals surface area contributed by atoms with Crippen LogP contribution in [0.5, 0.6) is 0 Å². The first-order valence-electron chi connectivity index (χ1n) is 5.65. The first-order valence-corrected chi connectivity index (χ1v) is 5.65. The van der Waals surface area contributed by atoms with Gasteiger partial charge in [0.2, 0.25) is 0 Å². The fraction of sp³-hybridized carbons (Fsp3) is 0. The Morgan fingerprint density at radius 3 is 2.89 bits per heavy atom. The van der Waals surface area contributed by atoms with Crippen molar-refractivity contribution in [2.24, 2.45) is 10.9 Å². The summed E-state index contributed by atoms with van der Waals surface area (Å²) in [6.45, 7) is 0. The van der Waals surface area contributed by atoms with Crippen LogP contribution in [0.1, 0.15) is 5.56 Å². The summed E-state index contributed by atoms with van der Waals surface area (Å²) in [5.41, 5.74) is 7.90. The normalized spacial score (nSPS) is 11.9. The standard InChI is InChI=1S/C13H11N5O/c14-13(17-19)10-7-16-11-4-2-1-3-9(11)12(10)18-6-5-15-8-18/h1-8,19H,(H2,14,17). The summed E-state index contributed by atoms with van der Waals surface area (Å²) in [5.74, 6) is 0.0157. The zero-order chi connectivity index (χ0) is 13.2. The summed E-state index contributed by atoms with van der Waals surface area (Å²) in [7, 11) is 0. The molecule has 0 aliphatic heterocycles. The first kappa shape index (κ1) is 11.2. The number of pyridine rings is 1. The van der Waals surface area contributed by atoms with Gasteiger partial charge < -0.3 is 15.5 Å². The zero-order valence-electron chi connectivity index (χ0n) is 9.93. The highest BCUT2D eigenvalue weighted by Crippen LogP contribution is 2.24. The number of para-hydroxylation sites is 1. The quantitative estimate of drug-likeness (QED) is 0.313. The van der Waals surface area contributed by atoms with Crippen molar-refractivity contribution in [1.29, 1.82) is 0 Å². The molecule has 19 heavy (non-hydrogen) atoms. The van der Waals surface area contributed by atoms with Crippen molar-refractivity contribution >= 4 is 16.7 Å². The Labute approximate surface area is 108 Å². The molecule has 0 fully saturated rings. The topological polar surface area (TPSA) is 89.3 Å². The number of fused-ring (bicyclic) bond motifs is 1. The van der Waals surface area contributed by atoms with Crippen LogP contribution in [-0.4, -0.2) is 25.6 Å². The van der Waals surface area contributed by atoms with E-state index in [0.29, 0.717) is 5.56 Å². The second kappa shape index (κ2) is 4.41. The van der Waals surface area contributed by atoms with Gasteiger partial charge in [0.1, 0.15) is 0 Å². The minimum absolute atomic E-state index is 0.0157. The number of hydrogen-bond acceptors (Lipinski definition) is 4. The lowest BCUT2D eigenvalue weighted by atomic mass is 10.1. The van der Waals surface area contributed by atoms with Crippen molar-refractivity contribution < 1.29 is 5.21 Å². The predicted octanol–water partition coefficient (Wildman–Crippen LogP) is 1.51. The molecule has 6 heteroatoms. The highest BCUT2D eigenvalue weighted by atomic mass is 16.4. The van der Waals surface area contributed by atoms with Crippen LogP contribution in [0.15, 0.2) is 54.3 Å².